The van der Waals surface area contributed by atoms with Crippen LogP contribution in [-0.2, 0) is 16.1 Å². The molecule has 110 valence electrons. The molecule has 1 aromatic carbocycles. The molecule has 0 saturated heterocycles. The largest absolute Gasteiger partial charge is 0.460 e. The Kier molecular flexibility index (Phi) is 4.76. The van der Waals surface area contributed by atoms with Gasteiger partial charge in [0.2, 0.25) is 0 Å². The molecule has 0 bridgehead atoms. The number of carbonyl (C=O) groups is 1. The summed E-state index contributed by atoms with van der Waals surface area (Å²) in [5.74, 6) is 0.00330. The average molecular weight is 279 g/mol. The van der Waals surface area contributed by atoms with Gasteiger partial charge < -0.3 is 10.5 Å². The van der Waals surface area contributed by atoms with E-state index in [-0.39, 0.29) is 18.4 Å². The van der Waals surface area contributed by atoms with Crippen molar-refractivity contribution in [2.75, 3.05) is 6.54 Å². The molecule has 20 heavy (non-hydrogen) atoms. The second-order valence-corrected chi connectivity index (χ2v) is 5.83. The van der Waals surface area contributed by atoms with Crippen LogP contribution in [0.1, 0.15) is 38.2 Å². The summed E-state index contributed by atoms with van der Waals surface area (Å²) in [5, 5.41) is 0. The van der Waals surface area contributed by atoms with Gasteiger partial charge >= 0.3 is 5.97 Å². The maximum absolute atomic E-state index is 13.5. The number of halogens is 1. The van der Waals surface area contributed by atoms with Crippen LogP contribution >= 0.6 is 0 Å². The number of nitrogens with two attached hydrogens (primary N) is 1. The second kappa shape index (κ2) is 6.35. The Hall–Kier alpha value is -1.42. The predicted molar refractivity (Wildman–Crippen MR) is 75.3 cm³/mol. The molecule has 2 rings (SSSR count). The van der Waals surface area contributed by atoms with Gasteiger partial charge in [-0.3, -0.25) is 4.79 Å². The molecule has 1 aliphatic rings. The number of hydrogen-bond acceptors (Lipinski definition) is 3. The maximum Gasteiger partial charge on any atom is 0.313 e. The molecule has 0 spiro atoms. The first-order valence-electron chi connectivity index (χ1n) is 7.18. The van der Waals surface area contributed by atoms with Crippen molar-refractivity contribution in [1.82, 2.24) is 0 Å². The number of carbonyl (C=O) groups excluding carboxylic acids is 1. The van der Waals surface area contributed by atoms with E-state index >= 15 is 0 Å². The van der Waals surface area contributed by atoms with Gasteiger partial charge in [-0.2, -0.15) is 0 Å². The molecule has 0 unspecified atom stereocenters. The van der Waals surface area contributed by atoms with E-state index in [4.69, 9.17) is 10.5 Å². The minimum atomic E-state index is -0.572. The maximum atomic E-state index is 13.5. The second-order valence-electron chi connectivity index (χ2n) is 5.83. The van der Waals surface area contributed by atoms with Crippen LogP contribution in [0.3, 0.4) is 0 Å². The van der Waals surface area contributed by atoms with Crippen molar-refractivity contribution in [2.45, 2.75) is 39.2 Å². The molecular formula is C16H22FNO2. The van der Waals surface area contributed by atoms with Gasteiger partial charge in [-0.1, -0.05) is 25.1 Å². The molecule has 1 fully saturated rings. The SMILES string of the molecule is CC1CCC(CN)(C(=O)OCc2ccccc2F)CC1. The molecule has 3 nitrogen and oxygen atoms in total. The summed E-state index contributed by atoms with van der Waals surface area (Å²) >= 11 is 0. The Morgan fingerprint density at radius 1 is 1.40 bits per heavy atom. The highest BCUT2D eigenvalue weighted by molar-refractivity contribution is 5.77. The monoisotopic (exact) mass is 279 g/mol. The first-order valence-corrected chi connectivity index (χ1v) is 7.18. The third-order valence-corrected chi connectivity index (χ3v) is 4.37. The normalized spacial score (nSPS) is 26.2. The lowest BCUT2D eigenvalue weighted by molar-refractivity contribution is -0.159. The van der Waals surface area contributed by atoms with Crippen molar-refractivity contribution in [3.8, 4) is 0 Å². The van der Waals surface area contributed by atoms with Crippen LogP contribution in [0.25, 0.3) is 0 Å². The fourth-order valence-electron chi connectivity index (χ4n) is 2.72. The number of hydrogen-bond donors (Lipinski definition) is 1. The summed E-state index contributed by atoms with van der Waals surface area (Å²) in [5.41, 5.74) is 5.64. The van der Waals surface area contributed by atoms with Crippen LogP contribution < -0.4 is 5.73 Å². The third-order valence-electron chi connectivity index (χ3n) is 4.37. The van der Waals surface area contributed by atoms with Crippen molar-refractivity contribution in [1.29, 1.82) is 0 Å². The fraction of sp³-hybridized carbons (Fsp3) is 0.562. The standard InChI is InChI=1S/C16H22FNO2/c1-12-6-8-16(11-18,9-7-12)15(19)20-10-13-4-2-3-5-14(13)17/h2-5,12H,6-11,18H2,1H3. The van der Waals surface area contributed by atoms with E-state index in [0.717, 1.165) is 25.7 Å². The van der Waals surface area contributed by atoms with Crippen molar-refractivity contribution in [3.05, 3.63) is 35.6 Å². The predicted octanol–water partition coefficient (Wildman–Crippen LogP) is 3.02. The highest BCUT2D eigenvalue weighted by Gasteiger charge is 2.41. The number of benzene rings is 1. The summed E-state index contributed by atoms with van der Waals surface area (Å²) in [7, 11) is 0. The third kappa shape index (κ3) is 3.18. The zero-order valence-electron chi connectivity index (χ0n) is 11.9. The molecule has 0 atom stereocenters. The van der Waals surface area contributed by atoms with Gasteiger partial charge in [-0.15, -0.1) is 0 Å². The zero-order valence-corrected chi connectivity index (χ0v) is 11.9. The van der Waals surface area contributed by atoms with Gasteiger partial charge in [-0.25, -0.2) is 4.39 Å². The van der Waals surface area contributed by atoms with Crippen molar-refractivity contribution in [3.63, 3.8) is 0 Å². The quantitative estimate of drug-likeness (QED) is 0.862. The highest BCUT2D eigenvalue weighted by atomic mass is 19.1. The molecular weight excluding hydrogens is 257 g/mol. The molecule has 4 heteroatoms. The lowest BCUT2D eigenvalue weighted by Crippen LogP contribution is -2.42. The highest BCUT2D eigenvalue weighted by Crippen LogP contribution is 2.39. The molecule has 0 amide bonds. The Balaban J connectivity index is 1.98. The van der Waals surface area contributed by atoms with Crippen molar-refractivity contribution in [2.24, 2.45) is 17.1 Å². The lowest BCUT2D eigenvalue weighted by Gasteiger charge is -2.36. The van der Waals surface area contributed by atoms with Crippen molar-refractivity contribution >= 4 is 5.97 Å². The zero-order chi connectivity index (χ0) is 14.6. The van der Waals surface area contributed by atoms with Crippen LogP contribution in [0.2, 0.25) is 0 Å². The molecule has 2 N–H and O–H groups in total. The summed E-state index contributed by atoms with van der Waals surface area (Å²) in [4.78, 5) is 12.3. The first-order chi connectivity index (χ1) is 9.57. The van der Waals surface area contributed by atoms with Crippen molar-refractivity contribution < 1.29 is 13.9 Å². The van der Waals surface area contributed by atoms with E-state index in [1.165, 1.54) is 6.07 Å². The molecule has 0 heterocycles. The Bertz CT molecular complexity index is 467. The number of ether oxygens (including phenoxy) is 1. The summed E-state index contributed by atoms with van der Waals surface area (Å²) in [6.45, 7) is 2.46. The minimum absolute atomic E-state index is 0.0250. The van der Waals surface area contributed by atoms with Gasteiger partial charge in [0.25, 0.3) is 0 Å². The van der Waals surface area contributed by atoms with Crippen LogP contribution in [0, 0.1) is 17.2 Å². The van der Waals surface area contributed by atoms with E-state index in [0.29, 0.717) is 18.0 Å². The molecule has 0 radical (unpaired) electrons. The van der Waals surface area contributed by atoms with Gasteiger partial charge in [0.05, 0.1) is 5.41 Å². The number of rotatable bonds is 4. The molecule has 0 aromatic heterocycles. The Labute approximate surface area is 119 Å². The van der Waals surface area contributed by atoms with Crippen LogP contribution in [0.15, 0.2) is 24.3 Å². The summed E-state index contributed by atoms with van der Waals surface area (Å²) < 4.78 is 18.8. The fourth-order valence-corrected chi connectivity index (χ4v) is 2.72. The van der Waals surface area contributed by atoms with E-state index in [1.54, 1.807) is 18.2 Å². The van der Waals surface area contributed by atoms with Gasteiger partial charge in [-0.05, 0) is 37.7 Å². The molecule has 1 aromatic rings. The van der Waals surface area contributed by atoms with E-state index < -0.39 is 5.41 Å². The minimum Gasteiger partial charge on any atom is -0.460 e. The Morgan fingerprint density at radius 2 is 2.05 bits per heavy atom. The molecule has 1 saturated carbocycles. The average Bonchev–Trinajstić information content (AvgIpc) is 2.47. The number of esters is 1. The summed E-state index contributed by atoms with van der Waals surface area (Å²) in [6.07, 6.45) is 3.51. The van der Waals surface area contributed by atoms with E-state index in [1.807, 2.05) is 0 Å². The molecule has 0 aliphatic heterocycles. The first kappa shape index (κ1) is 15.0. The van der Waals surface area contributed by atoms with Gasteiger partial charge in [0.1, 0.15) is 12.4 Å². The van der Waals surface area contributed by atoms with Crippen LogP contribution in [0.5, 0.6) is 0 Å². The van der Waals surface area contributed by atoms with E-state index in [2.05, 4.69) is 6.92 Å². The topological polar surface area (TPSA) is 52.3 Å². The Morgan fingerprint density at radius 3 is 2.65 bits per heavy atom. The van der Waals surface area contributed by atoms with E-state index in [9.17, 15) is 9.18 Å². The van der Waals surface area contributed by atoms with Crippen LogP contribution in [0.4, 0.5) is 4.39 Å². The van der Waals surface area contributed by atoms with Crippen LogP contribution in [-0.4, -0.2) is 12.5 Å². The van der Waals surface area contributed by atoms with Gasteiger partial charge in [0.15, 0.2) is 0 Å². The summed E-state index contributed by atoms with van der Waals surface area (Å²) in [6, 6.07) is 6.34. The van der Waals surface area contributed by atoms with Gasteiger partial charge in [0, 0.05) is 12.1 Å². The molecule has 1 aliphatic carbocycles. The lowest BCUT2D eigenvalue weighted by atomic mass is 9.71. The smallest absolute Gasteiger partial charge is 0.313 e.